The maximum absolute atomic E-state index is 13.9. The molecule has 0 aromatic heterocycles. The summed E-state index contributed by atoms with van der Waals surface area (Å²) in [5, 5.41) is 11.1. The number of rotatable bonds is 8. The van der Waals surface area contributed by atoms with Gasteiger partial charge in [0.15, 0.2) is 9.84 Å². The van der Waals surface area contributed by atoms with Gasteiger partial charge in [0.05, 0.1) is 16.2 Å². The van der Waals surface area contributed by atoms with Crippen molar-refractivity contribution in [2.24, 2.45) is 5.92 Å². The van der Waals surface area contributed by atoms with Crippen LogP contribution in [0, 0.1) is 11.7 Å². The van der Waals surface area contributed by atoms with Gasteiger partial charge in [-0.25, -0.2) is 17.9 Å². The predicted molar refractivity (Wildman–Crippen MR) is 151 cm³/mol. The minimum absolute atomic E-state index is 0.0367. The number of carbonyl (C=O) groups is 2. The molecule has 1 aliphatic heterocycles. The molecule has 8 nitrogen and oxygen atoms in total. The minimum atomic E-state index is -4.93. The number of alkyl halides is 3. The lowest BCUT2D eigenvalue weighted by atomic mass is 9.81. The zero-order chi connectivity index (χ0) is 31.9. The van der Waals surface area contributed by atoms with E-state index in [1.807, 2.05) is 20.9 Å². The van der Waals surface area contributed by atoms with Gasteiger partial charge in [-0.2, -0.15) is 13.2 Å². The van der Waals surface area contributed by atoms with E-state index in [2.05, 4.69) is 4.90 Å². The van der Waals surface area contributed by atoms with Crippen LogP contribution in [0.1, 0.15) is 55.5 Å². The fourth-order valence-corrected chi connectivity index (χ4v) is 7.81. The zero-order valence-corrected chi connectivity index (χ0v) is 25.5. The Morgan fingerprint density at radius 2 is 1.77 bits per heavy atom. The van der Waals surface area contributed by atoms with Crippen molar-refractivity contribution in [2.45, 2.75) is 74.8 Å². The average Bonchev–Trinajstić information content (AvgIpc) is 3.31. The number of carbonyl (C=O) groups excluding carboxylic acids is 2. The Morgan fingerprint density at radius 3 is 2.37 bits per heavy atom. The van der Waals surface area contributed by atoms with Crippen LogP contribution < -0.4 is 0 Å². The molecule has 0 bridgehead atoms. The van der Waals surface area contributed by atoms with Crippen molar-refractivity contribution in [3.8, 4) is 0 Å². The molecule has 2 fully saturated rings. The van der Waals surface area contributed by atoms with Gasteiger partial charge in [0.1, 0.15) is 11.9 Å². The highest BCUT2D eigenvalue weighted by atomic mass is 35.5. The summed E-state index contributed by atoms with van der Waals surface area (Å²) < 4.78 is 80.3. The maximum atomic E-state index is 13.9. The maximum Gasteiger partial charge on any atom is 0.416 e. The van der Waals surface area contributed by atoms with Crippen LogP contribution in [-0.2, 0) is 20.8 Å². The lowest BCUT2D eigenvalue weighted by Crippen LogP contribution is -2.53. The van der Waals surface area contributed by atoms with Gasteiger partial charge in [0, 0.05) is 35.3 Å². The highest BCUT2D eigenvalue weighted by Crippen LogP contribution is 2.37. The first-order valence-corrected chi connectivity index (χ1v) is 15.9. The summed E-state index contributed by atoms with van der Waals surface area (Å²) in [6.07, 6.45) is -3.34. The molecule has 43 heavy (non-hydrogen) atoms. The monoisotopic (exact) mass is 647 g/mol. The van der Waals surface area contributed by atoms with E-state index in [0.717, 1.165) is 0 Å². The standard InChI is InChI=1S/C29H34ClF4N3O5S/c1-17(2)35(3)23-6-9-25(19(14-23)16-43(41,42)24-7-4-21(30)5-8-24)36-11-10-26(28(36)39)37(40)27(38)18-12-20(29(32,33)34)15-22(31)13-18/h4-5,7-8,12-13,15,17,19,23,25-26,40H,6,9-11,14,16H2,1-3H3/t19-,23+,25-,26-/m0/s1. The number of halogens is 5. The van der Waals surface area contributed by atoms with Crippen molar-refractivity contribution in [1.29, 1.82) is 0 Å². The first-order chi connectivity index (χ1) is 20.0. The van der Waals surface area contributed by atoms with Crippen molar-refractivity contribution >= 4 is 33.3 Å². The molecule has 1 heterocycles. The Morgan fingerprint density at radius 1 is 1.12 bits per heavy atom. The first kappa shape index (κ1) is 33.2. The van der Waals surface area contributed by atoms with Crippen LogP contribution in [0.25, 0.3) is 0 Å². The quantitative estimate of drug-likeness (QED) is 0.238. The normalized spacial score (nSPS) is 23.3. The molecule has 14 heteroatoms. The molecule has 0 unspecified atom stereocenters. The third-order valence-corrected chi connectivity index (χ3v) is 10.6. The van der Waals surface area contributed by atoms with Crippen LogP contribution in [0.4, 0.5) is 17.6 Å². The number of hydrogen-bond acceptors (Lipinski definition) is 6. The molecule has 1 N–H and O–H groups in total. The summed E-state index contributed by atoms with van der Waals surface area (Å²) in [4.78, 5) is 30.2. The lowest BCUT2D eigenvalue weighted by molar-refractivity contribution is -0.147. The van der Waals surface area contributed by atoms with Crippen molar-refractivity contribution in [2.75, 3.05) is 19.3 Å². The van der Waals surface area contributed by atoms with E-state index in [9.17, 15) is 40.8 Å². The zero-order valence-electron chi connectivity index (χ0n) is 23.9. The molecule has 236 valence electrons. The van der Waals surface area contributed by atoms with Crippen LogP contribution in [0.5, 0.6) is 0 Å². The number of nitrogens with zero attached hydrogens (tertiary/aromatic N) is 3. The summed E-state index contributed by atoms with van der Waals surface area (Å²) in [7, 11) is -1.82. The number of hydrogen-bond donors (Lipinski definition) is 1. The molecule has 2 amide bonds. The SMILES string of the molecule is CC(C)N(C)[C@@H]1CC[C@H](N2CC[C@H](N(O)C(=O)c3cc(F)cc(C(F)(F)F)c3)C2=O)[C@H](CS(=O)(=O)c2ccc(Cl)cc2)C1. The minimum Gasteiger partial charge on any atom is -0.337 e. The number of amides is 2. The molecule has 0 spiro atoms. The van der Waals surface area contributed by atoms with Gasteiger partial charge < -0.3 is 9.80 Å². The molecular formula is C29H34ClF4N3O5S. The Kier molecular flexibility index (Phi) is 9.80. The fraction of sp³-hybridized carbons (Fsp3) is 0.517. The molecule has 0 radical (unpaired) electrons. The van der Waals surface area contributed by atoms with E-state index in [0.29, 0.717) is 36.4 Å². The Bertz CT molecular complexity index is 1460. The van der Waals surface area contributed by atoms with E-state index in [1.54, 1.807) is 0 Å². The Hall–Kier alpha value is -2.74. The fourth-order valence-electron chi connectivity index (χ4n) is 6.02. The topological polar surface area (TPSA) is 98.2 Å². The van der Waals surface area contributed by atoms with Gasteiger partial charge in [0.25, 0.3) is 5.91 Å². The second-order valence-corrected chi connectivity index (χ2v) is 14.0. The molecule has 1 aliphatic carbocycles. The van der Waals surface area contributed by atoms with Gasteiger partial charge in [-0.05, 0) is 95.0 Å². The second-order valence-electron chi connectivity index (χ2n) is 11.5. The van der Waals surface area contributed by atoms with E-state index < -0.39 is 62.8 Å². The number of sulfone groups is 1. The molecule has 2 aromatic carbocycles. The van der Waals surface area contributed by atoms with Crippen molar-refractivity contribution < 1.29 is 40.8 Å². The van der Waals surface area contributed by atoms with Gasteiger partial charge in [0.2, 0.25) is 5.91 Å². The van der Waals surface area contributed by atoms with Crippen molar-refractivity contribution in [1.82, 2.24) is 14.9 Å². The Labute approximate surface area is 253 Å². The van der Waals surface area contributed by atoms with Crippen LogP contribution in [0.15, 0.2) is 47.4 Å². The molecule has 4 atom stereocenters. The smallest absolute Gasteiger partial charge is 0.337 e. The third-order valence-electron chi connectivity index (χ3n) is 8.50. The second kappa shape index (κ2) is 12.7. The lowest BCUT2D eigenvalue weighted by Gasteiger charge is -2.44. The summed E-state index contributed by atoms with van der Waals surface area (Å²) in [6.45, 7) is 4.16. The van der Waals surface area contributed by atoms with E-state index >= 15 is 0 Å². The van der Waals surface area contributed by atoms with Crippen LogP contribution >= 0.6 is 11.6 Å². The molecule has 1 saturated carbocycles. The highest BCUT2D eigenvalue weighted by Gasteiger charge is 2.46. The summed E-state index contributed by atoms with van der Waals surface area (Å²) in [6, 6.07) is 5.33. The van der Waals surface area contributed by atoms with Gasteiger partial charge in [-0.15, -0.1) is 0 Å². The van der Waals surface area contributed by atoms with Crippen LogP contribution in [0.2, 0.25) is 5.02 Å². The summed E-state index contributed by atoms with van der Waals surface area (Å²) in [5.74, 6) is -4.06. The van der Waals surface area contributed by atoms with Crippen molar-refractivity contribution in [3.05, 3.63) is 64.4 Å². The van der Waals surface area contributed by atoms with Crippen molar-refractivity contribution in [3.63, 3.8) is 0 Å². The van der Waals surface area contributed by atoms with E-state index in [-0.39, 0.29) is 46.8 Å². The van der Waals surface area contributed by atoms with Gasteiger partial charge in [-0.3, -0.25) is 14.8 Å². The molecule has 1 saturated heterocycles. The summed E-state index contributed by atoms with van der Waals surface area (Å²) in [5.41, 5.74) is -2.17. The predicted octanol–water partition coefficient (Wildman–Crippen LogP) is 5.28. The number of benzene rings is 2. The first-order valence-electron chi connectivity index (χ1n) is 13.9. The van der Waals surface area contributed by atoms with E-state index in [4.69, 9.17) is 11.6 Å². The molecular weight excluding hydrogens is 614 g/mol. The molecule has 2 aliphatic rings. The number of hydroxylamine groups is 2. The largest absolute Gasteiger partial charge is 0.416 e. The van der Waals surface area contributed by atoms with E-state index in [1.165, 1.54) is 29.2 Å². The average molecular weight is 648 g/mol. The molecule has 2 aromatic rings. The Balaban J connectivity index is 1.57. The summed E-state index contributed by atoms with van der Waals surface area (Å²) >= 11 is 5.94. The van der Waals surface area contributed by atoms with Gasteiger partial charge >= 0.3 is 6.18 Å². The van der Waals surface area contributed by atoms with Gasteiger partial charge in [-0.1, -0.05) is 11.6 Å². The third kappa shape index (κ3) is 7.33. The number of likely N-dealkylation sites (tertiary alicyclic amines) is 1. The van der Waals surface area contributed by atoms with Crippen LogP contribution in [-0.4, -0.2) is 83.8 Å². The van der Waals surface area contributed by atoms with Crippen LogP contribution in [0.3, 0.4) is 0 Å². The molecule has 4 rings (SSSR count). The highest BCUT2D eigenvalue weighted by molar-refractivity contribution is 7.91.